The molecular formula is C18H32N2O2. The SMILES string of the molecule is CC(C)C(=O)N1CCC(NC(=O)CCC2CCCCC2)CC1. The molecule has 2 aliphatic rings. The monoisotopic (exact) mass is 308 g/mol. The first kappa shape index (κ1) is 17.3. The number of carbonyl (C=O) groups excluding carboxylic acids is 2. The highest BCUT2D eigenvalue weighted by atomic mass is 16.2. The molecular weight excluding hydrogens is 276 g/mol. The van der Waals surface area contributed by atoms with Crippen LogP contribution in [0.5, 0.6) is 0 Å². The van der Waals surface area contributed by atoms with Gasteiger partial charge in [-0.3, -0.25) is 9.59 Å². The van der Waals surface area contributed by atoms with E-state index in [1.54, 1.807) is 0 Å². The molecule has 1 aliphatic heterocycles. The van der Waals surface area contributed by atoms with Crippen LogP contribution in [0.1, 0.15) is 71.6 Å². The largest absolute Gasteiger partial charge is 0.353 e. The molecule has 1 aliphatic carbocycles. The molecule has 0 unspecified atom stereocenters. The van der Waals surface area contributed by atoms with Gasteiger partial charge in [0.2, 0.25) is 11.8 Å². The molecule has 2 rings (SSSR count). The molecule has 4 nitrogen and oxygen atoms in total. The van der Waals surface area contributed by atoms with Gasteiger partial charge in [-0.1, -0.05) is 46.0 Å². The maximum atomic E-state index is 12.1. The molecule has 126 valence electrons. The van der Waals surface area contributed by atoms with Gasteiger partial charge in [-0.15, -0.1) is 0 Å². The van der Waals surface area contributed by atoms with Crippen molar-refractivity contribution in [2.24, 2.45) is 11.8 Å². The smallest absolute Gasteiger partial charge is 0.225 e. The molecule has 0 aromatic heterocycles. The fourth-order valence-corrected chi connectivity index (χ4v) is 3.72. The van der Waals surface area contributed by atoms with E-state index >= 15 is 0 Å². The lowest BCUT2D eigenvalue weighted by molar-refractivity contribution is -0.135. The first-order valence-corrected chi connectivity index (χ1v) is 9.14. The standard InChI is InChI=1S/C18H32N2O2/c1-14(2)18(22)20-12-10-16(11-13-20)19-17(21)9-8-15-6-4-3-5-7-15/h14-16H,3-13H2,1-2H3,(H,19,21). The van der Waals surface area contributed by atoms with Crippen LogP contribution in [-0.4, -0.2) is 35.8 Å². The van der Waals surface area contributed by atoms with Crippen LogP contribution in [-0.2, 0) is 9.59 Å². The number of rotatable bonds is 5. The second kappa shape index (κ2) is 8.54. The molecule has 0 atom stereocenters. The highest BCUT2D eigenvalue weighted by Crippen LogP contribution is 2.27. The molecule has 22 heavy (non-hydrogen) atoms. The van der Waals surface area contributed by atoms with Crippen LogP contribution >= 0.6 is 0 Å². The lowest BCUT2D eigenvalue weighted by Gasteiger charge is -2.33. The first-order valence-electron chi connectivity index (χ1n) is 9.14. The van der Waals surface area contributed by atoms with Crippen LogP contribution in [0.3, 0.4) is 0 Å². The third-order valence-electron chi connectivity index (χ3n) is 5.17. The van der Waals surface area contributed by atoms with Gasteiger partial charge in [-0.25, -0.2) is 0 Å². The highest BCUT2D eigenvalue weighted by molar-refractivity contribution is 5.78. The van der Waals surface area contributed by atoms with Gasteiger partial charge in [-0.2, -0.15) is 0 Å². The van der Waals surface area contributed by atoms with E-state index in [0.717, 1.165) is 38.3 Å². The molecule has 1 N–H and O–H groups in total. The Bertz CT molecular complexity index is 367. The molecule has 2 fully saturated rings. The Hall–Kier alpha value is -1.06. The third kappa shape index (κ3) is 5.29. The maximum absolute atomic E-state index is 12.1. The van der Waals surface area contributed by atoms with E-state index in [9.17, 15) is 9.59 Å². The van der Waals surface area contributed by atoms with Gasteiger partial charge in [0, 0.05) is 31.5 Å². The summed E-state index contributed by atoms with van der Waals surface area (Å²) in [6.45, 7) is 5.46. The normalized spacial score (nSPS) is 21.1. The number of nitrogens with zero attached hydrogens (tertiary/aromatic N) is 1. The summed E-state index contributed by atoms with van der Waals surface area (Å²) in [7, 11) is 0. The van der Waals surface area contributed by atoms with Crippen LogP contribution < -0.4 is 5.32 Å². The van der Waals surface area contributed by atoms with Gasteiger partial charge in [0.25, 0.3) is 0 Å². The molecule has 1 saturated carbocycles. The van der Waals surface area contributed by atoms with Gasteiger partial charge in [0.1, 0.15) is 0 Å². The molecule has 0 aromatic rings. The van der Waals surface area contributed by atoms with Gasteiger partial charge < -0.3 is 10.2 Å². The van der Waals surface area contributed by atoms with Gasteiger partial charge in [0.15, 0.2) is 0 Å². The number of likely N-dealkylation sites (tertiary alicyclic amines) is 1. The molecule has 4 heteroatoms. The molecule has 0 spiro atoms. The summed E-state index contributed by atoms with van der Waals surface area (Å²) < 4.78 is 0. The van der Waals surface area contributed by atoms with Crippen molar-refractivity contribution >= 4 is 11.8 Å². The maximum Gasteiger partial charge on any atom is 0.225 e. The van der Waals surface area contributed by atoms with Crippen molar-refractivity contribution in [1.29, 1.82) is 0 Å². The molecule has 0 radical (unpaired) electrons. The average Bonchev–Trinajstić information content (AvgIpc) is 2.54. The Morgan fingerprint density at radius 1 is 1.05 bits per heavy atom. The van der Waals surface area contributed by atoms with E-state index < -0.39 is 0 Å². The zero-order chi connectivity index (χ0) is 15.9. The summed E-state index contributed by atoms with van der Waals surface area (Å²) >= 11 is 0. The zero-order valence-electron chi connectivity index (χ0n) is 14.3. The quantitative estimate of drug-likeness (QED) is 0.848. The fraction of sp³-hybridized carbons (Fsp3) is 0.889. The third-order valence-corrected chi connectivity index (χ3v) is 5.17. The second-order valence-electron chi connectivity index (χ2n) is 7.36. The van der Waals surface area contributed by atoms with Gasteiger partial charge >= 0.3 is 0 Å². The summed E-state index contributed by atoms with van der Waals surface area (Å²) in [5.41, 5.74) is 0. The lowest BCUT2D eigenvalue weighted by atomic mass is 9.86. The van der Waals surface area contributed by atoms with Crippen LogP contribution in [0.2, 0.25) is 0 Å². The minimum atomic E-state index is 0.0710. The Morgan fingerprint density at radius 3 is 2.27 bits per heavy atom. The predicted molar refractivity (Wildman–Crippen MR) is 88.4 cm³/mol. The minimum Gasteiger partial charge on any atom is -0.353 e. The molecule has 2 amide bonds. The van der Waals surface area contributed by atoms with E-state index in [1.807, 2.05) is 18.7 Å². The van der Waals surface area contributed by atoms with E-state index in [-0.39, 0.29) is 23.8 Å². The summed E-state index contributed by atoms with van der Waals surface area (Å²) in [6, 6.07) is 0.259. The molecule has 1 saturated heterocycles. The van der Waals surface area contributed by atoms with E-state index in [4.69, 9.17) is 0 Å². The Kier molecular flexibility index (Phi) is 6.71. The van der Waals surface area contributed by atoms with Gasteiger partial charge in [-0.05, 0) is 25.2 Å². The lowest BCUT2D eigenvalue weighted by Crippen LogP contribution is -2.47. The van der Waals surface area contributed by atoms with E-state index in [1.165, 1.54) is 32.1 Å². The van der Waals surface area contributed by atoms with Crippen LogP contribution in [0, 0.1) is 11.8 Å². The number of hydrogen-bond donors (Lipinski definition) is 1. The number of amides is 2. The van der Waals surface area contributed by atoms with Crippen molar-refractivity contribution in [3.63, 3.8) is 0 Å². The average molecular weight is 308 g/mol. The summed E-state index contributed by atoms with van der Waals surface area (Å²) in [5, 5.41) is 3.17. The summed E-state index contributed by atoms with van der Waals surface area (Å²) in [5.74, 6) is 1.29. The predicted octanol–water partition coefficient (Wildman–Crippen LogP) is 3.11. The van der Waals surface area contributed by atoms with Crippen molar-refractivity contribution in [3.8, 4) is 0 Å². The number of nitrogens with one attached hydrogen (secondary N) is 1. The van der Waals surface area contributed by atoms with Crippen LogP contribution in [0.15, 0.2) is 0 Å². The number of piperidine rings is 1. The Labute approximate surface area is 135 Å². The molecule has 0 bridgehead atoms. The van der Waals surface area contributed by atoms with Gasteiger partial charge in [0.05, 0.1) is 0 Å². The summed E-state index contributed by atoms with van der Waals surface area (Å²) in [6.07, 6.45) is 10.2. The van der Waals surface area contributed by atoms with E-state index in [0.29, 0.717) is 6.42 Å². The zero-order valence-corrected chi connectivity index (χ0v) is 14.3. The van der Waals surface area contributed by atoms with Crippen molar-refractivity contribution in [3.05, 3.63) is 0 Å². The number of hydrogen-bond acceptors (Lipinski definition) is 2. The molecule has 1 heterocycles. The second-order valence-corrected chi connectivity index (χ2v) is 7.36. The van der Waals surface area contributed by atoms with Crippen molar-refractivity contribution in [1.82, 2.24) is 10.2 Å². The van der Waals surface area contributed by atoms with Crippen LogP contribution in [0.4, 0.5) is 0 Å². The van der Waals surface area contributed by atoms with E-state index in [2.05, 4.69) is 5.32 Å². The topological polar surface area (TPSA) is 49.4 Å². The minimum absolute atomic E-state index is 0.0710. The summed E-state index contributed by atoms with van der Waals surface area (Å²) in [4.78, 5) is 26.0. The Morgan fingerprint density at radius 2 is 1.68 bits per heavy atom. The van der Waals surface area contributed by atoms with Crippen molar-refractivity contribution < 1.29 is 9.59 Å². The van der Waals surface area contributed by atoms with Crippen LogP contribution in [0.25, 0.3) is 0 Å². The first-order chi connectivity index (χ1) is 10.6. The molecule has 0 aromatic carbocycles. The van der Waals surface area contributed by atoms with Crippen molar-refractivity contribution in [2.75, 3.05) is 13.1 Å². The highest BCUT2D eigenvalue weighted by Gasteiger charge is 2.25. The fourth-order valence-electron chi connectivity index (χ4n) is 3.72. The number of carbonyl (C=O) groups is 2. The Balaban J connectivity index is 1.63. The van der Waals surface area contributed by atoms with Crippen molar-refractivity contribution in [2.45, 2.75) is 77.7 Å².